The second-order valence-corrected chi connectivity index (χ2v) is 6.83. The minimum atomic E-state index is -0.252. The van der Waals surface area contributed by atoms with Crippen LogP contribution in [0.5, 0.6) is 5.75 Å². The standard InChI is InChI=1S/C20H25N5O3/c1-13-17(6-7-27-3)28-18-5-4-14(15-9-22-11-23-10-15)8-16(18)19(13)24-20(21)25(2)12-26/h4-5,8-13,17,19H,6-7H2,1-3H3,(H2,21,24)/t13?,17-,19+/m0/s1. The fourth-order valence-electron chi connectivity index (χ4n) is 3.30. The number of amides is 1. The second kappa shape index (κ2) is 8.79. The van der Waals surface area contributed by atoms with E-state index in [1.54, 1.807) is 26.6 Å². The first-order valence-corrected chi connectivity index (χ1v) is 9.11. The van der Waals surface area contributed by atoms with Crippen LogP contribution in [0.4, 0.5) is 0 Å². The Labute approximate surface area is 164 Å². The van der Waals surface area contributed by atoms with E-state index in [2.05, 4.69) is 21.9 Å². The predicted molar refractivity (Wildman–Crippen MR) is 106 cm³/mol. The second-order valence-electron chi connectivity index (χ2n) is 6.83. The van der Waals surface area contributed by atoms with E-state index in [-0.39, 0.29) is 24.0 Å². The van der Waals surface area contributed by atoms with Crippen LogP contribution in [0.2, 0.25) is 0 Å². The number of nitrogens with two attached hydrogens (primary N) is 1. The maximum absolute atomic E-state index is 11.1. The SMILES string of the molecule is COCC[C@@H]1Oc2ccc(-c3cncnc3)cc2[C@H](N=C(N)N(C)C=O)C1C. The lowest BCUT2D eigenvalue weighted by Crippen LogP contribution is -2.38. The Balaban J connectivity index is 2.04. The van der Waals surface area contributed by atoms with Crippen LogP contribution in [-0.4, -0.2) is 54.1 Å². The number of aliphatic imine (C=N–C) groups is 1. The van der Waals surface area contributed by atoms with E-state index < -0.39 is 0 Å². The van der Waals surface area contributed by atoms with Gasteiger partial charge in [0.25, 0.3) is 0 Å². The molecule has 1 amide bonds. The lowest BCUT2D eigenvalue weighted by atomic mass is 9.85. The van der Waals surface area contributed by atoms with E-state index in [4.69, 9.17) is 15.2 Å². The van der Waals surface area contributed by atoms with Crippen LogP contribution in [0.3, 0.4) is 0 Å². The zero-order valence-corrected chi connectivity index (χ0v) is 16.3. The third kappa shape index (κ3) is 4.12. The molecule has 8 heteroatoms. The van der Waals surface area contributed by atoms with Crippen LogP contribution in [0, 0.1) is 5.92 Å². The van der Waals surface area contributed by atoms with Crippen molar-refractivity contribution in [2.75, 3.05) is 20.8 Å². The van der Waals surface area contributed by atoms with Gasteiger partial charge < -0.3 is 15.2 Å². The molecule has 0 saturated heterocycles. The Bertz CT molecular complexity index is 843. The van der Waals surface area contributed by atoms with Crippen molar-refractivity contribution in [1.29, 1.82) is 0 Å². The van der Waals surface area contributed by atoms with Crippen LogP contribution in [0.25, 0.3) is 11.1 Å². The van der Waals surface area contributed by atoms with Gasteiger partial charge in [0.15, 0.2) is 5.96 Å². The molecule has 0 radical (unpaired) electrons. The molecule has 1 aromatic carbocycles. The average molecular weight is 383 g/mol. The molecular formula is C20H25N5O3. The van der Waals surface area contributed by atoms with Gasteiger partial charge in [0.1, 0.15) is 18.2 Å². The van der Waals surface area contributed by atoms with Crippen LogP contribution in [0.1, 0.15) is 24.9 Å². The van der Waals surface area contributed by atoms with E-state index in [1.165, 1.54) is 11.2 Å². The molecule has 0 saturated carbocycles. The number of aromatic nitrogens is 2. The van der Waals surface area contributed by atoms with Gasteiger partial charge in [0, 0.05) is 56.6 Å². The van der Waals surface area contributed by atoms with Gasteiger partial charge in [-0.2, -0.15) is 0 Å². The van der Waals surface area contributed by atoms with Crippen molar-refractivity contribution < 1.29 is 14.3 Å². The molecule has 0 fully saturated rings. The van der Waals surface area contributed by atoms with Gasteiger partial charge in [-0.3, -0.25) is 9.69 Å². The number of carbonyl (C=O) groups excluding carboxylic acids is 1. The van der Waals surface area contributed by atoms with E-state index in [1.807, 2.05) is 18.2 Å². The number of hydrogen-bond donors (Lipinski definition) is 1. The third-order valence-electron chi connectivity index (χ3n) is 4.98. The Morgan fingerprint density at radius 3 is 2.79 bits per heavy atom. The molecular weight excluding hydrogens is 358 g/mol. The van der Waals surface area contributed by atoms with Gasteiger partial charge in [-0.25, -0.2) is 15.0 Å². The molecule has 3 atom stereocenters. The minimum absolute atomic E-state index is 0.0449. The largest absolute Gasteiger partial charge is 0.490 e. The van der Waals surface area contributed by atoms with Crippen LogP contribution < -0.4 is 10.5 Å². The molecule has 2 heterocycles. The normalized spacial score (nSPS) is 21.5. The van der Waals surface area contributed by atoms with E-state index >= 15 is 0 Å². The maximum atomic E-state index is 11.1. The molecule has 3 rings (SSSR count). The number of guanidine groups is 1. The van der Waals surface area contributed by atoms with Crippen molar-refractivity contribution in [2.24, 2.45) is 16.6 Å². The van der Waals surface area contributed by atoms with E-state index in [0.29, 0.717) is 13.0 Å². The van der Waals surface area contributed by atoms with Gasteiger partial charge in [0.2, 0.25) is 6.41 Å². The third-order valence-corrected chi connectivity index (χ3v) is 4.98. The average Bonchev–Trinajstić information content (AvgIpc) is 2.74. The molecule has 0 bridgehead atoms. The van der Waals surface area contributed by atoms with Crippen molar-refractivity contribution in [1.82, 2.24) is 14.9 Å². The van der Waals surface area contributed by atoms with E-state index in [0.717, 1.165) is 28.9 Å². The molecule has 0 spiro atoms. The van der Waals surface area contributed by atoms with Crippen LogP contribution in [0.15, 0.2) is 41.9 Å². The number of ether oxygens (including phenoxy) is 2. The van der Waals surface area contributed by atoms with Gasteiger partial charge in [0.05, 0.1) is 6.04 Å². The summed E-state index contributed by atoms with van der Waals surface area (Å²) >= 11 is 0. The summed E-state index contributed by atoms with van der Waals surface area (Å²) in [6, 6.07) is 5.69. The highest BCUT2D eigenvalue weighted by atomic mass is 16.5. The van der Waals surface area contributed by atoms with Crippen molar-refractivity contribution in [3.63, 3.8) is 0 Å². The Morgan fingerprint density at radius 1 is 1.36 bits per heavy atom. The lowest BCUT2D eigenvalue weighted by molar-refractivity contribution is -0.114. The van der Waals surface area contributed by atoms with Gasteiger partial charge >= 0.3 is 0 Å². The highest BCUT2D eigenvalue weighted by Gasteiger charge is 2.36. The first-order valence-electron chi connectivity index (χ1n) is 9.11. The topological polar surface area (TPSA) is 103 Å². The molecule has 2 aromatic rings. The van der Waals surface area contributed by atoms with Crippen molar-refractivity contribution in [3.8, 4) is 16.9 Å². The van der Waals surface area contributed by atoms with Crippen molar-refractivity contribution in [3.05, 3.63) is 42.5 Å². The molecule has 0 aliphatic carbocycles. The molecule has 28 heavy (non-hydrogen) atoms. The van der Waals surface area contributed by atoms with Gasteiger partial charge in [-0.15, -0.1) is 0 Å². The fourth-order valence-corrected chi connectivity index (χ4v) is 3.30. The molecule has 1 aliphatic rings. The van der Waals surface area contributed by atoms with Crippen molar-refractivity contribution >= 4 is 12.4 Å². The Kier molecular flexibility index (Phi) is 6.20. The van der Waals surface area contributed by atoms with E-state index in [9.17, 15) is 4.79 Å². The quantitative estimate of drug-likeness (QED) is 0.465. The lowest BCUT2D eigenvalue weighted by Gasteiger charge is -2.36. The maximum Gasteiger partial charge on any atom is 0.216 e. The highest BCUT2D eigenvalue weighted by molar-refractivity contribution is 5.87. The molecule has 1 aliphatic heterocycles. The molecule has 1 unspecified atom stereocenters. The van der Waals surface area contributed by atoms with Gasteiger partial charge in [-0.05, 0) is 17.7 Å². The number of methoxy groups -OCH3 is 1. The molecule has 2 N–H and O–H groups in total. The van der Waals surface area contributed by atoms with Crippen molar-refractivity contribution in [2.45, 2.75) is 25.5 Å². The summed E-state index contributed by atoms with van der Waals surface area (Å²) in [5.74, 6) is 0.970. The summed E-state index contributed by atoms with van der Waals surface area (Å²) in [4.78, 5) is 25.2. The molecule has 8 nitrogen and oxygen atoms in total. The number of rotatable bonds is 6. The summed E-state index contributed by atoms with van der Waals surface area (Å²) in [7, 11) is 3.25. The summed E-state index contributed by atoms with van der Waals surface area (Å²) < 4.78 is 11.5. The smallest absolute Gasteiger partial charge is 0.216 e. The zero-order chi connectivity index (χ0) is 20.1. The molecule has 148 valence electrons. The van der Waals surface area contributed by atoms with Crippen LogP contribution >= 0.6 is 0 Å². The Morgan fingerprint density at radius 2 is 2.11 bits per heavy atom. The number of carbonyl (C=O) groups is 1. The monoisotopic (exact) mass is 383 g/mol. The number of nitrogens with zero attached hydrogens (tertiary/aromatic N) is 4. The fraction of sp³-hybridized carbons (Fsp3) is 0.400. The highest BCUT2D eigenvalue weighted by Crippen LogP contribution is 2.43. The first-order chi connectivity index (χ1) is 13.5. The van der Waals surface area contributed by atoms with Gasteiger partial charge in [-0.1, -0.05) is 13.0 Å². The minimum Gasteiger partial charge on any atom is -0.490 e. The summed E-state index contributed by atoms with van der Waals surface area (Å²) in [6.45, 7) is 2.66. The first kappa shape index (κ1) is 19.8. The van der Waals surface area contributed by atoms with Crippen LogP contribution in [-0.2, 0) is 9.53 Å². The number of fused-ring (bicyclic) bond motifs is 1. The number of hydrogen-bond acceptors (Lipinski definition) is 6. The summed E-state index contributed by atoms with van der Waals surface area (Å²) in [5.41, 5.74) is 8.82. The number of benzene rings is 1. The Hall–Kier alpha value is -3.00. The summed E-state index contributed by atoms with van der Waals surface area (Å²) in [6.07, 6.45) is 6.33. The summed E-state index contributed by atoms with van der Waals surface area (Å²) in [5, 5.41) is 0. The zero-order valence-electron chi connectivity index (χ0n) is 16.3. The predicted octanol–water partition coefficient (Wildman–Crippen LogP) is 2.02. The molecule has 1 aromatic heterocycles.